The molecule has 0 atom stereocenters. The van der Waals surface area contributed by atoms with Crippen LogP contribution in [0.1, 0.15) is 29.5 Å². The highest BCUT2D eigenvalue weighted by atomic mass is 32.2. The minimum absolute atomic E-state index is 0.0670. The summed E-state index contributed by atoms with van der Waals surface area (Å²) in [5.41, 5.74) is 1.62. The van der Waals surface area contributed by atoms with E-state index in [2.05, 4.69) is 16.9 Å². The van der Waals surface area contributed by atoms with Crippen LogP contribution in [0.3, 0.4) is 0 Å². The number of aromatic nitrogens is 3. The van der Waals surface area contributed by atoms with Crippen LogP contribution in [0.2, 0.25) is 0 Å². The predicted molar refractivity (Wildman–Crippen MR) is 128 cm³/mol. The quantitative estimate of drug-likeness (QED) is 0.212. The van der Waals surface area contributed by atoms with Crippen molar-refractivity contribution in [3.63, 3.8) is 0 Å². The minimum Gasteiger partial charge on any atom is -0.466 e. The number of ether oxygens (including phenoxy) is 1. The monoisotopic (exact) mass is 490 g/mol. The van der Waals surface area contributed by atoms with Gasteiger partial charge < -0.3 is 10.1 Å². The highest BCUT2D eigenvalue weighted by Gasteiger charge is 2.23. The van der Waals surface area contributed by atoms with Gasteiger partial charge in [0.2, 0.25) is 5.91 Å². The minimum atomic E-state index is -0.354. The number of nitrogens with one attached hydrogen (secondary N) is 1. The summed E-state index contributed by atoms with van der Waals surface area (Å²) >= 11 is 4.03. The van der Waals surface area contributed by atoms with Gasteiger partial charge in [-0.25, -0.2) is 9.97 Å². The van der Waals surface area contributed by atoms with Crippen LogP contribution in [0.15, 0.2) is 28.0 Å². The Morgan fingerprint density at radius 3 is 3.00 bits per heavy atom. The number of carbonyl (C=O) groups excluding carboxylic acids is 2. The van der Waals surface area contributed by atoms with E-state index in [1.54, 1.807) is 34.3 Å². The predicted octanol–water partition coefficient (Wildman–Crippen LogP) is 3.43. The number of amides is 1. The highest BCUT2D eigenvalue weighted by Crippen LogP contribution is 2.35. The Morgan fingerprint density at radius 2 is 2.22 bits per heavy atom. The summed E-state index contributed by atoms with van der Waals surface area (Å²) in [6.07, 6.45) is 4.71. The number of thiophene rings is 1. The first-order chi connectivity index (χ1) is 15.5. The molecule has 0 aromatic carbocycles. The molecule has 1 aliphatic carbocycles. The summed E-state index contributed by atoms with van der Waals surface area (Å²) in [7, 11) is 0. The third kappa shape index (κ3) is 4.79. The number of carbonyl (C=O) groups is 2. The van der Waals surface area contributed by atoms with Crippen LogP contribution in [-0.4, -0.2) is 38.8 Å². The number of aryl methyl sites for hydroxylation is 2. The lowest BCUT2D eigenvalue weighted by Crippen LogP contribution is -2.24. The molecular formula is C21H22N4O4S3. The molecular weight excluding hydrogens is 468 g/mol. The Labute approximate surface area is 196 Å². The van der Waals surface area contributed by atoms with Crippen molar-refractivity contribution < 1.29 is 14.3 Å². The molecule has 3 aromatic heterocycles. The second-order valence-corrected chi connectivity index (χ2v) is 9.98. The maximum atomic E-state index is 13.2. The molecule has 11 heteroatoms. The molecule has 3 aromatic rings. The zero-order chi connectivity index (χ0) is 22.7. The molecule has 0 bridgehead atoms. The van der Waals surface area contributed by atoms with Crippen molar-refractivity contribution in [2.75, 3.05) is 17.7 Å². The molecule has 0 spiro atoms. The number of esters is 1. The molecule has 1 N–H and O–H groups in total. The van der Waals surface area contributed by atoms with Gasteiger partial charge in [-0.15, -0.1) is 29.3 Å². The van der Waals surface area contributed by atoms with E-state index in [0.29, 0.717) is 29.1 Å². The lowest BCUT2D eigenvalue weighted by atomic mass is 10.2. The van der Waals surface area contributed by atoms with E-state index in [-0.39, 0.29) is 29.6 Å². The number of hydrogen-bond donors (Lipinski definition) is 1. The fourth-order valence-electron chi connectivity index (χ4n) is 3.55. The summed E-state index contributed by atoms with van der Waals surface area (Å²) in [6.45, 7) is 6.14. The zero-order valence-corrected chi connectivity index (χ0v) is 20.0. The summed E-state index contributed by atoms with van der Waals surface area (Å²) in [6, 6.07) is 0. The number of thioether (sulfide) groups is 1. The third-order valence-corrected chi connectivity index (χ3v) is 7.83. The van der Waals surface area contributed by atoms with Gasteiger partial charge in [-0.05, 0) is 31.7 Å². The second-order valence-electron chi connectivity index (χ2n) is 7.10. The summed E-state index contributed by atoms with van der Waals surface area (Å²) in [5, 5.41) is 6.08. The molecule has 3 heterocycles. The van der Waals surface area contributed by atoms with Crippen molar-refractivity contribution in [1.29, 1.82) is 0 Å². The van der Waals surface area contributed by atoms with Gasteiger partial charge in [0, 0.05) is 16.8 Å². The Kier molecular flexibility index (Phi) is 7.07. The van der Waals surface area contributed by atoms with Crippen molar-refractivity contribution in [2.24, 2.45) is 0 Å². The van der Waals surface area contributed by atoms with E-state index in [4.69, 9.17) is 9.72 Å². The Morgan fingerprint density at radius 1 is 1.38 bits per heavy atom. The van der Waals surface area contributed by atoms with Gasteiger partial charge in [0.05, 0.1) is 29.9 Å². The van der Waals surface area contributed by atoms with Gasteiger partial charge in [0.1, 0.15) is 4.83 Å². The van der Waals surface area contributed by atoms with Crippen LogP contribution in [0.25, 0.3) is 10.2 Å². The number of rotatable bonds is 9. The van der Waals surface area contributed by atoms with Gasteiger partial charge >= 0.3 is 5.97 Å². The number of nitrogens with zero attached hydrogens (tertiary/aromatic N) is 3. The molecule has 0 unspecified atom stereocenters. The summed E-state index contributed by atoms with van der Waals surface area (Å²) in [4.78, 5) is 48.1. The molecule has 0 saturated carbocycles. The Balaban J connectivity index is 1.46. The molecule has 0 saturated heterocycles. The number of hydrogen-bond acceptors (Lipinski definition) is 9. The van der Waals surface area contributed by atoms with Crippen LogP contribution in [-0.2, 0) is 40.1 Å². The molecule has 168 valence electrons. The number of fused-ring (bicyclic) bond motifs is 3. The van der Waals surface area contributed by atoms with Gasteiger partial charge in [-0.1, -0.05) is 17.8 Å². The van der Waals surface area contributed by atoms with Crippen molar-refractivity contribution in [2.45, 2.75) is 44.3 Å². The van der Waals surface area contributed by atoms with E-state index in [9.17, 15) is 14.4 Å². The number of anilines is 1. The van der Waals surface area contributed by atoms with Gasteiger partial charge in [-0.3, -0.25) is 19.0 Å². The fraction of sp³-hybridized carbons (Fsp3) is 0.381. The second kappa shape index (κ2) is 9.97. The van der Waals surface area contributed by atoms with E-state index in [1.165, 1.54) is 28.0 Å². The van der Waals surface area contributed by atoms with Crippen LogP contribution >= 0.6 is 34.4 Å². The van der Waals surface area contributed by atoms with Gasteiger partial charge in [0.15, 0.2) is 10.3 Å². The van der Waals surface area contributed by atoms with E-state index >= 15 is 0 Å². The van der Waals surface area contributed by atoms with Crippen LogP contribution in [0.4, 0.5) is 5.13 Å². The molecule has 1 aliphatic rings. The van der Waals surface area contributed by atoms with Crippen molar-refractivity contribution >= 4 is 61.7 Å². The zero-order valence-electron chi connectivity index (χ0n) is 17.5. The Bertz CT molecular complexity index is 1240. The van der Waals surface area contributed by atoms with Gasteiger partial charge in [0.25, 0.3) is 5.56 Å². The highest BCUT2D eigenvalue weighted by molar-refractivity contribution is 7.99. The standard InChI is InChI=1S/C21H22N4O4S3/c1-3-8-25-19(28)17-13-6-5-7-14(13)32-18(17)24-21(25)31-11-15(26)23-20-22-12(10-30-20)9-16(27)29-4-2/h3,10H,1,4-9,11H2,2H3,(H,22,23,26). The Hall–Kier alpha value is -2.50. The number of allylic oxidation sites excluding steroid dienone is 1. The van der Waals surface area contributed by atoms with E-state index < -0.39 is 0 Å². The molecule has 8 nitrogen and oxygen atoms in total. The van der Waals surface area contributed by atoms with Crippen LogP contribution < -0.4 is 10.9 Å². The summed E-state index contributed by atoms with van der Waals surface area (Å²) < 4.78 is 6.49. The maximum Gasteiger partial charge on any atom is 0.311 e. The first kappa shape index (κ1) is 22.7. The van der Waals surface area contributed by atoms with Crippen LogP contribution in [0, 0.1) is 0 Å². The molecule has 0 fully saturated rings. The van der Waals surface area contributed by atoms with Crippen molar-refractivity contribution in [3.05, 3.63) is 44.5 Å². The molecule has 1 amide bonds. The fourth-order valence-corrected chi connectivity index (χ4v) is 6.39. The maximum absolute atomic E-state index is 13.2. The van der Waals surface area contributed by atoms with E-state index in [1.807, 2.05) is 0 Å². The average Bonchev–Trinajstić information content (AvgIpc) is 3.45. The summed E-state index contributed by atoms with van der Waals surface area (Å²) in [5.74, 6) is -0.542. The number of thiazole rings is 1. The van der Waals surface area contributed by atoms with E-state index in [0.717, 1.165) is 35.0 Å². The van der Waals surface area contributed by atoms with Crippen molar-refractivity contribution in [1.82, 2.24) is 14.5 Å². The smallest absolute Gasteiger partial charge is 0.311 e. The first-order valence-electron chi connectivity index (χ1n) is 10.2. The van der Waals surface area contributed by atoms with Gasteiger partial charge in [-0.2, -0.15) is 0 Å². The lowest BCUT2D eigenvalue weighted by Gasteiger charge is -2.10. The van der Waals surface area contributed by atoms with Crippen molar-refractivity contribution in [3.8, 4) is 0 Å². The average molecular weight is 491 g/mol. The third-order valence-electron chi connectivity index (χ3n) is 4.86. The topological polar surface area (TPSA) is 103 Å². The molecule has 32 heavy (non-hydrogen) atoms. The molecule has 4 rings (SSSR count). The SMILES string of the molecule is C=CCn1c(SCC(=O)Nc2nc(CC(=O)OCC)cs2)nc2sc3c(c2c1=O)CCC3. The largest absolute Gasteiger partial charge is 0.466 e. The molecule has 0 radical (unpaired) electrons. The lowest BCUT2D eigenvalue weighted by molar-refractivity contribution is -0.142. The molecule has 0 aliphatic heterocycles. The normalized spacial score (nSPS) is 12.7. The van der Waals surface area contributed by atoms with Crippen LogP contribution in [0.5, 0.6) is 0 Å². The first-order valence-corrected chi connectivity index (χ1v) is 12.9.